The molecule has 0 aliphatic carbocycles. The van der Waals surface area contributed by atoms with Crippen LogP contribution in [0.15, 0.2) is 30.3 Å². The first-order chi connectivity index (χ1) is 9.86. The van der Waals surface area contributed by atoms with Gasteiger partial charge in [-0.2, -0.15) is 13.2 Å². The van der Waals surface area contributed by atoms with Crippen LogP contribution in [0.25, 0.3) is 11.1 Å². The molecule has 3 rings (SSSR count). The lowest BCUT2D eigenvalue weighted by atomic mass is 9.97. The molecule has 109 valence electrons. The minimum absolute atomic E-state index is 0.106. The van der Waals surface area contributed by atoms with E-state index in [1.807, 2.05) is 0 Å². The van der Waals surface area contributed by atoms with Crippen LogP contribution in [0.4, 0.5) is 22.0 Å². The molecule has 2 aromatic rings. The van der Waals surface area contributed by atoms with Crippen molar-refractivity contribution in [3.8, 4) is 16.9 Å². The van der Waals surface area contributed by atoms with E-state index in [0.29, 0.717) is 5.56 Å². The average molecular weight is 299 g/mol. The molecule has 1 heterocycles. The third-order valence-corrected chi connectivity index (χ3v) is 3.22. The van der Waals surface area contributed by atoms with Crippen LogP contribution in [0, 0.1) is 18.2 Å². The first-order valence-corrected chi connectivity index (χ1v) is 6.04. The Labute approximate surface area is 117 Å². The Hall–Kier alpha value is -2.11. The molecule has 0 fully saturated rings. The second kappa shape index (κ2) is 4.72. The van der Waals surface area contributed by atoms with E-state index < -0.39 is 23.4 Å². The molecule has 0 bridgehead atoms. The molecule has 1 nitrogen and oxygen atoms in total. The Morgan fingerprint density at radius 2 is 1.71 bits per heavy atom. The summed E-state index contributed by atoms with van der Waals surface area (Å²) in [5.41, 5.74) is -0.986. The Kier molecular flexibility index (Phi) is 3.11. The van der Waals surface area contributed by atoms with Crippen molar-refractivity contribution in [1.82, 2.24) is 0 Å². The maximum atomic E-state index is 13.8. The number of benzene rings is 2. The Morgan fingerprint density at radius 3 is 2.43 bits per heavy atom. The Bertz CT molecular complexity index is 706. The van der Waals surface area contributed by atoms with Crippen LogP contribution in [-0.2, 0) is 12.6 Å². The predicted molar refractivity (Wildman–Crippen MR) is 65.4 cm³/mol. The van der Waals surface area contributed by atoms with Gasteiger partial charge in [-0.3, -0.25) is 0 Å². The van der Waals surface area contributed by atoms with Gasteiger partial charge in [-0.1, -0.05) is 0 Å². The zero-order valence-corrected chi connectivity index (χ0v) is 10.5. The SMILES string of the molecule is Fc1ccc(F)c(-c2cc(C(F)(F)F)cc3c2O[CH]C3)c1. The molecule has 0 aromatic heterocycles. The standard InChI is InChI=1S/C15H8F5O/c16-10-1-2-13(17)11(7-10)12-6-9(15(18,19)20)5-8-3-4-21-14(8)12/h1-2,4-7H,3H2. The fraction of sp³-hybridized carbons (Fsp3) is 0.133. The Morgan fingerprint density at radius 1 is 0.952 bits per heavy atom. The third-order valence-electron chi connectivity index (χ3n) is 3.22. The number of hydrogen-bond donors (Lipinski definition) is 0. The van der Waals surface area contributed by atoms with E-state index in [9.17, 15) is 22.0 Å². The van der Waals surface area contributed by atoms with Gasteiger partial charge < -0.3 is 4.74 Å². The minimum Gasteiger partial charge on any atom is -0.485 e. The van der Waals surface area contributed by atoms with Gasteiger partial charge in [0.2, 0.25) is 0 Å². The molecule has 0 unspecified atom stereocenters. The van der Waals surface area contributed by atoms with E-state index in [4.69, 9.17) is 4.74 Å². The van der Waals surface area contributed by atoms with Crippen LogP contribution in [-0.4, -0.2) is 0 Å². The minimum atomic E-state index is -4.57. The molecule has 0 atom stereocenters. The van der Waals surface area contributed by atoms with Crippen molar-refractivity contribution in [2.45, 2.75) is 12.6 Å². The van der Waals surface area contributed by atoms with E-state index in [0.717, 1.165) is 30.3 Å². The zero-order chi connectivity index (χ0) is 15.2. The van der Waals surface area contributed by atoms with Gasteiger partial charge in [-0.15, -0.1) is 0 Å². The molecule has 21 heavy (non-hydrogen) atoms. The molecule has 0 saturated carbocycles. The van der Waals surface area contributed by atoms with Crippen LogP contribution < -0.4 is 4.74 Å². The second-order valence-corrected chi connectivity index (χ2v) is 4.62. The van der Waals surface area contributed by atoms with Gasteiger partial charge in [0.05, 0.1) is 5.56 Å². The second-order valence-electron chi connectivity index (χ2n) is 4.62. The van der Waals surface area contributed by atoms with Gasteiger partial charge >= 0.3 is 6.18 Å². The average Bonchev–Trinajstić information content (AvgIpc) is 2.87. The van der Waals surface area contributed by atoms with Gasteiger partial charge in [0.1, 0.15) is 24.0 Å². The third kappa shape index (κ3) is 2.46. The van der Waals surface area contributed by atoms with E-state index >= 15 is 0 Å². The van der Waals surface area contributed by atoms with E-state index in [1.54, 1.807) is 0 Å². The summed E-state index contributed by atoms with van der Waals surface area (Å²) >= 11 is 0. The lowest BCUT2D eigenvalue weighted by Gasteiger charge is -2.14. The fourth-order valence-corrected chi connectivity index (χ4v) is 2.26. The lowest BCUT2D eigenvalue weighted by Crippen LogP contribution is -2.06. The highest BCUT2D eigenvalue weighted by molar-refractivity contribution is 5.75. The number of fused-ring (bicyclic) bond motifs is 1. The summed E-state index contributed by atoms with van der Waals surface area (Å²) in [6, 6.07) is 4.36. The number of halogens is 5. The zero-order valence-electron chi connectivity index (χ0n) is 10.5. The van der Waals surface area contributed by atoms with Crippen molar-refractivity contribution in [3.05, 3.63) is 59.7 Å². The van der Waals surface area contributed by atoms with Crippen LogP contribution in [0.1, 0.15) is 11.1 Å². The molecule has 0 amide bonds. The quantitative estimate of drug-likeness (QED) is 0.691. The van der Waals surface area contributed by atoms with Crippen molar-refractivity contribution < 1.29 is 26.7 Å². The molecular formula is C15H8F5O. The van der Waals surface area contributed by atoms with Crippen LogP contribution in [0.2, 0.25) is 0 Å². The molecule has 1 aliphatic rings. The fourth-order valence-electron chi connectivity index (χ4n) is 2.26. The predicted octanol–water partition coefficient (Wildman–Crippen LogP) is 4.75. The summed E-state index contributed by atoms with van der Waals surface area (Å²) in [6.45, 7) is 1.32. The van der Waals surface area contributed by atoms with Crippen molar-refractivity contribution in [3.63, 3.8) is 0 Å². The topological polar surface area (TPSA) is 9.23 Å². The molecular weight excluding hydrogens is 291 g/mol. The smallest absolute Gasteiger partial charge is 0.416 e. The Balaban J connectivity index is 2.26. The normalized spacial score (nSPS) is 14.0. The number of alkyl halides is 3. The van der Waals surface area contributed by atoms with Crippen LogP contribution in [0.5, 0.6) is 5.75 Å². The molecule has 0 spiro atoms. The van der Waals surface area contributed by atoms with Crippen molar-refractivity contribution >= 4 is 0 Å². The van der Waals surface area contributed by atoms with Gasteiger partial charge in [0.25, 0.3) is 0 Å². The highest BCUT2D eigenvalue weighted by Gasteiger charge is 2.34. The molecule has 1 radical (unpaired) electrons. The number of hydrogen-bond acceptors (Lipinski definition) is 1. The number of rotatable bonds is 1. The first-order valence-electron chi connectivity index (χ1n) is 6.04. The maximum absolute atomic E-state index is 13.8. The van der Waals surface area contributed by atoms with Gasteiger partial charge in [0.15, 0.2) is 0 Å². The summed E-state index contributed by atoms with van der Waals surface area (Å²) in [6.07, 6.45) is -4.39. The molecule has 6 heteroatoms. The van der Waals surface area contributed by atoms with Crippen LogP contribution >= 0.6 is 0 Å². The largest absolute Gasteiger partial charge is 0.485 e. The van der Waals surface area contributed by atoms with Gasteiger partial charge in [-0.05, 0) is 35.9 Å². The molecule has 1 aliphatic heterocycles. The number of ether oxygens (including phenoxy) is 1. The first kappa shape index (κ1) is 13.9. The van der Waals surface area contributed by atoms with E-state index in [2.05, 4.69) is 0 Å². The highest BCUT2D eigenvalue weighted by atomic mass is 19.4. The molecule has 0 saturated heterocycles. The summed E-state index contributed by atoms with van der Waals surface area (Å²) in [5.74, 6) is -1.42. The maximum Gasteiger partial charge on any atom is 0.416 e. The van der Waals surface area contributed by atoms with E-state index in [1.165, 1.54) is 6.61 Å². The van der Waals surface area contributed by atoms with Gasteiger partial charge in [-0.25, -0.2) is 8.78 Å². The van der Waals surface area contributed by atoms with Crippen LogP contribution in [0.3, 0.4) is 0 Å². The summed E-state index contributed by atoms with van der Waals surface area (Å²) in [5, 5.41) is 0. The van der Waals surface area contributed by atoms with Crippen molar-refractivity contribution in [1.29, 1.82) is 0 Å². The summed E-state index contributed by atoms with van der Waals surface area (Å²) < 4.78 is 71.0. The van der Waals surface area contributed by atoms with E-state index in [-0.39, 0.29) is 23.3 Å². The summed E-state index contributed by atoms with van der Waals surface area (Å²) in [7, 11) is 0. The molecule has 2 aromatic carbocycles. The molecule has 0 N–H and O–H groups in total. The monoisotopic (exact) mass is 299 g/mol. The summed E-state index contributed by atoms with van der Waals surface area (Å²) in [4.78, 5) is 0. The van der Waals surface area contributed by atoms with Gasteiger partial charge in [0, 0.05) is 17.5 Å². The van der Waals surface area contributed by atoms with Crippen molar-refractivity contribution in [2.24, 2.45) is 0 Å². The van der Waals surface area contributed by atoms with Crippen molar-refractivity contribution in [2.75, 3.05) is 0 Å². The highest BCUT2D eigenvalue weighted by Crippen LogP contribution is 2.43. The lowest BCUT2D eigenvalue weighted by molar-refractivity contribution is -0.137.